The van der Waals surface area contributed by atoms with Crippen LogP contribution in [0.3, 0.4) is 0 Å². The second-order valence-electron chi connectivity index (χ2n) is 6.46. The van der Waals surface area contributed by atoms with E-state index >= 15 is 0 Å². The number of carbonyl (C=O) groups is 2. The first-order valence-corrected chi connectivity index (χ1v) is 9.12. The van der Waals surface area contributed by atoms with Gasteiger partial charge in [-0.3, -0.25) is 9.59 Å². The number of hydrogen-bond acceptors (Lipinski definition) is 6. The van der Waals surface area contributed by atoms with Gasteiger partial charge in [0.15, 0.2) is 6.61 Å². The predicted molar refractivity (Wildman–Crippen MR) is 102 cm³/mol. The number of likely N-dealkylation sites (N-methyl/N-ethyl adjacent to an activating group) is 1. The van der Waals surface area contributed by atoms with E-state index in [0.29, 0.717) is 24.6 Å². The van der Waals surface area contributed by atoms with Gasteiger partial charge in [-0.2, -0.15) is 10.1 Å². The Morgan fingerprint density at radius 1 is 1.18 bits per heavy atom. The zero-order chi connectivity index (χ0) is 20.1. The maximum absolute atomic E-state index is 12.4. The molecule has 0 N–H and O–H groups in total. The van der Waals surface area contributed by atoms with Crippen LogP contribution in [0.15, 0.2) is 36.7 Å². The summed E-state index contributed by atoms with van der Waals surface area (Å²) in [6.45, 7) is 6.30. The zero-order valence-electron chi connectivity index (χ0n) is 16.3. The highest BCUT2D eigenvalue weighted by molar-refractivity contribution is 5.81. The van der Waals surface area contributed by atoms with Gasteiger partial charge in [-0.25, -0.2) is 9.50 Å². The van der Waals surface area contributed by atoms with E-state index in [0.717, 1.165) is 16.8 Å². The van der Waals surface area contributed by atoms with E-state index in [1.165, 1.54) is 6.33 Å². The van der Waals surface area contributed by atoms with Crippen LogP contribution in [-0.2, 0) is 27.3 Å². The van der Waals surface area contributed by atoms with Gasteiger partial charge in [0, 0.05) is 30.0 Å². The van der Waals surface area contributed by atoms with Crippen LogP contribution in [-0.4, -0.2) is 49.5 Å². The molecule has 0 aliphatic rings. The van der Waals surface area contributed by atoms with Gasteiger partial charge < -0.3 is 9.64 Å². The lowest BCUT2D eigenvalue weighted by molar-refractivity contribution is -0.151. The van der Waals surface area contributed by atoms with Gasteiger partial charge in [0.1, 0.15) is 6.33 Å². The van der Waals surface area contributed by atoms with Crippen LogP contribution in [0.5, 0.6) is 0 Å². The third-order valence-corrected chi connectivity index (χ3v) is 4.62. The number of amides is 1. The number of ether oxygens (including phenoxy) is 1. The fraction of sp³-hybridized carbons (Fsp3) is 0.350. The summed E-state index contributed by atoms with van der Waals surface area (Å²) in [5, 5.41) is 4.11. The monoisotopic (exact) mass is 381 g/mol. The molecule has 0 aliphatic carbocycles. The number of carbonyl (C=O) groups excluding carboxylic acids is 2. The Morgan fingerprint density at radius 2 is 1.93 bits per heavy atom. The third-order valence-electron chi connectivity index (χ3n) is 4.62. The largest absolute Gasteiger partial charge is 0.455 e. The standard InChI is InChI=1S/C20H23N5O3/c1-4-24(11-16-8-6-5-7-9-16)18(26)12-28-19(27)10-17-14(2)23-20-21-13-22-25(20)15(17)3/h5-9,13H,4,10-12H2,1-3H3. The number of fused-ring (bicyclic) bond motifs is 1. The molecule has 0 radical (unpaired) electrons. The maximum Gasteiger partial charge on any atom is 0.310 e. The predicted octanol–water partition coefficient (Wildman–Crippen LogP) is 1.88. The minimum Gasteiger partial charge on any atom is -0.455 e. The number of aromatic nitrogens is 4. The highest BCUT2D eigenvalue weighted by atomic mass is 16.5. The first-order chi connectivity index (χ1) is 13.5. The molecule has 0 spiro atoms. The van der Waals surface area contributed by atoms with Crippen molar-refractivity contribution >= 4 is 17.7 Å². The highest BCUT2D eigenvalue weighted by Crippen LogP contribution is 2.14. The average Bonchev–Trinajstić information content (AvgIpc) is 3.16. The van der Waals surface area contributed by atoms with Gasteiger partial charge in [-0.05, 0) is 26.3 Å². The molecule has 0 fully saturated rings. The van der Waals surface area contributed by atoms with Crippen LogP contribution >= 0.6 is 0 Å². The van der Waals surface area contributed by atoms with Crippen LogP contribution in [0.1, 0.15) is 29.4 Å². The lowest BCUT2D eigenvalue weighted by atomic mass is 10.1. The number of hydrogen-bond donors (Lipinski definition) is 0. The molecule has 0 aliphatic heterocycles. The highest BCUT2D eigenvalue weighted by Gasteiger charge is 2.18. The number of esters is 1. The summed E-state index contributed by atoms with van der Waals surface area (Å²) in [6.07, 6.45) is 1.44. The number of benzene rings is 1. The van der Waals surface area contributed by atoms with Gasteiger partial charge >= 0.3 is 5.97 Å². The smallest absolute Gasteiger partial charge is 0.310 e. The van der Waals surface area contributed by atoms with Gasteiger partial charge in [0.25, 0.3) is 11.7 Å². The summed E-state index contributed by atoms with van der Waals surface area (Å²) in [4.78, 5) is 34.8. The fourth-order valence-corrected chi connectivity index (χ4v) is 3.02. The van der Waals surface area contributed by atoms with E-state index in [2.05, 4.69) is 15.1 Å². The van der Waals surface area contributed by atoms with Crippen LogP contribution in [0.2, 0.25) is 0 Å². The van der Waals surface area contributed by atoms with Gasteiger partial charge in [-0.15, -0.1) is 0 Å². The molecule has 146 valence electrons. The summed E-state index contributed by atoms with van der Waals surface area (Å²) in [5.74, 6) is -0.212. The topological polar surface area (TPSA) is 89.7 Å². The molecular formula is C20H23N5O3. The molecule has 3 aromatic rings. The SMILES string of the molecule is CCN(Cc1ccccc1)C(=O)COC(=O)Cc1c(C)nc2ncnn2c1C. The molecule has 2 aromatic heterocycles. The van der Waals surface area contributed by atoms with Crippen molar-refractivity contribution in [1.82, 2.24) is 24.5 Å². The van der Waals surface area contributed by atoms with E-state index < -0.39 is 5.97 Å². The Labute approximate surface area is 163 Å². The molecule has 2 heterocycles. The minimum absolute atomic E-state index is 0.0263. The van der Waals surface area contributed by atoms with Crippen molar-refractivity contribution in [2.24, 2.45) is 0 Å². The summed E-state index contributed by atoms with van der Waals surface area (Å²) in [5.41, 5.74) is 3.23. The van der Waals surface area contributed by atoms with Crippen molar-refractivity contribution in [3.05, 3.63) is 59.2 Å². The number of aryl methyl sites for hydroxylation is 2. The first kappa shape index (κ1) is 19.5. The number of rotatable bonds is 7. The van der Waals surface area contributed by atoms with Crippen molar-refractivity contribution in [2.45, 2.75) is 33.7 Å². The minimum atomic E-state index is -0.475. The number of nitrogens with zero attached hydrogens (tertiary/aromatic N) is 5. The van der Waals surface area contributed by atoms with Crippen LogP contribution < -0.4 is 0 Å². The molecule has 28 heavy (non-hydrogen) atoms. The lowest BCUT2D eigenvalue weighted by Crippen LogP contribution is -2.34. The maximum atomic E-state index is 12.4. The Bertz CT molecular complexity index is 984. The molecule has 0 saturated carbocycles. The molecule has 0 unspecified atom stereocenters. The van der Waals surface area contributed by atoms with E-state index in [4.69, 9.17) is 4.74 Å². The van der Waals surface area contributed by atoms with Crippen molar-refractivity contribution < 1.29 is 14.3 Å². The summed E-state index contributed by atoms with van der Waals surface area (Å²) < 4.78 is 6.81. The van der Waals surface area contributed by atoms with Gasteiger partial charge in [0.2, 0.25) is 0 Å². The van der Waals surface area contributed by atoms with Crippen molar-refractivity contribution in [3.63, 3.8) is 0 Å². The Hall–Kier alpha value is -3.29. The molecule has 0 atom stereocenters. The van der Waals surface area contributed by atoms with E-state index in [9.17, 15) is 9.59 Å². The Balaban J connectivity index is 1.60. The molecule has 3 rings (SSSR count). The lowest BCUT2D eigenvalue weighted by Gasteiger charge is -2.21. The van der Waals surface area contributed by atoms with Gasteiger partial charge in [-0.1, -0.05) is 30.3 Å². The van der Waals surface area contributed by atoms with Crippen LogP contribution in [0.25, 0.3) is 5.78 Å². The summed E-state index contributed by atoms with van der Waals surface area (Å²) in [6, 6.07) is 9.71. The molecule has 1 amide bonds. The molecule has 1 aromatic carbocycles. The van der Waals surface area contributed by atoms with Gasteiger partial charge in [0.05, 0.1) is 6.42 Å². The first-order valence-electron chi connectivity index (χ1n) is 9.12. The van der Waals surface area contributed by atoms with Crippen molar-refractivity contribution in [2.75, 3.05) is 13.2 Å². The normalized spacial score (nSPS) is 10.8. The van der Waals surface area contributed by atoms with Crippen molar-refractivity contribution in [1.29, 1.82) is 0 Å². The Morgan fingerprint density at radius 3 is 2.64 bits per heavy atom. The summed E-state index contributed by atoms with van der Waals surface area (Å²) in [7, 11) is 0. The second kappa shape index (κ2) is 8.60. The van der Waals surface area contributed by atoms with E-state index in [1.807, 2.05) is 51.1 Å². The van der Waals surface area contributed by atoms with Crippen molar-refractivity contribution in [3.8, 4) is 0 Å². The van der Waals surface area contributed by atoms with Crippen LogP contribution in [0, 0.1) is 13.8 Å². The van der Waals surface area contributed by atoms with E-state index in [1.54, 1.807) is 9.42 Å². The third kappa shape index (κ3) is 4.33. The molecular weight excluding hydrogens is 358 g/mol. The zero-order valence-corrected chi connectivity index (χ0v) is 16.3. The molecule has 8 heteroatoms. The second-order valence-corrected chi connectivity index (χ2v) is 6.46. The Kier molecular flexibility index (Phi) is 5.98. The van der Waals surface area contributed by atoms with E-state index in [-0.39, 0.29) is 18.9 Å². The quantitative estimate of drug-likeness (QED) is 0.581. The molecule has 0 saturated heterocycles. The molecule has 8 nitrogen and oxygen atoms in total. The van der Waals surface area contributed by atoms with Crippen LogP contribution in [0.4, 0.5) is 0 Å². The fourth-order valence-electron chi connectivity index (χ4n) is 3.02. The summed E-state index contributed by atoms with van der Waals surface area (Å²) >= 11 is 0. The molecule has 0 bridgehead atoms. The average molecular weight is 381 g/mol.